The highest BCUT2D eigenvalue weighted by atomic mass is 35.5. The van der Waals surface area contributed by atoms with Gasteiger partial charge < -0.3 is 20.1 Å². The third-order valence-corrected chi connectivity index (χ3v) is 3.00. The monoisotopic (exact) mass is 307 g/mol. The van der Waals surface area contributed by atoms with Crippen LogP contribution in [0.15, 0.2) is 18.2 Å². The molecule has 0 saturated heterocycles. The summed E-state index contributed by atoms with van der Waals surface area (Å²) in [4.78, 5) is 12.1. The molecule has 0 spiro atoms. The summed E-state index contributed by atoms with van der Waals surface area (Å²) in [7, 11) is 1.71. The maximum Gasteiger partial charge on any atom is 0.233 e. The maximum absolute atomic E-state index is 5.85. The molecule has 0 atom stereocenters. The van der Waals surface area contributed by atoms with E-state index < -0.39 is 0 Å². The molecule has 0 radical (unpaired) electrons. The van der Waals surface area contributed by atoms with Crippen molar-refractivity contribution >= 4 is 29.2 Å². The molecule has 0 fully saturated rings. The number of hydrogen-bond acceptors (Lipinski definition) is 7. The molecule has 2 heterocycles. The van der Waals surface area contributed by atoms with E-state index in [1.165, 1.54) is 0 Å². The predicted molar refractivity (Wildman–Crippen MR) is 79.7 cm³/mol. The Labute approximate surface area is 126 Å². The highest BCUT2D eigenvalue weighted by Gasteiger charge is 2.11. The number of ether oxygens (including phenoxy) is 2. The summed E-state index contributed by atoms with van der Waals surface area (Å²) < 4.78 is 11.2. The zero-order chi connectivity index (χ0) is 14.7. The van der Waals surface area contributed by atoms with Gasteiger partial charge in [-0.15, -0.1) is 0 Å². The van der Waals surface area contributed by atoms with Crippen LogP contribution in [0.5, 0.6) is 11.5 Å². The zero-order valence-corrected chi connectivity index (χ0v) is 12.1. The van der Waals surface area contributed by atoms with Crippen LogP contribution in [0.4, 0.5) is 17.6 Å². The van der Waals surface area contributed by atoms with Crippen LogP contribution in [0.25, 0.3) is 0 Å². The molecule has 3 rings (SSSR count). The molecule has 110 valence electrons. The van der Waals surface area contributed by atoms with Gasteiger partial charge in [-0.25, -0.2) is 0 Å². The van der Waals surface area contributed by atoms with E-state index in [1.807, 2.05) is 18.2 Å². The van der Waals surface area contributed by atoms with E-state index in [0.29, 0.717) is 30.9 Å². The van der Waals surface area contributed by atoms with Gasteiger partial charge in [-0.3, -0.25) is 0 Å². The largest absolute Gasteiger partial charge is 0.490 e. The van der Waals surface area contributed by atoms with E-state index in [4.69, 9.17) is 21.1 Å². The molecule has 1 aromatic heterocycles. The second-order valence-electron chi connectivity index (χ2n) is 4.34. The number of aromatic nitrogens is 3. The van der Waals surface area contributed by atoms with Gasteiger partial charge in [-0.1, -0.05) is 0 Å². The van der Waals surface area contributed by atoms with Crippen molar-refractivity contribution in [1.29, 1.82) is 0 Å². The quantitative estimate of drug-likeness (QED) is 0.901. The Hall–Kier alpha value is -2.28. The SMILES string of the molecule is CNc1nc(Cl)nc(Nc2ccc3c(c2)OCCCO3)n1. The van der Waals surface area contributed by atoms with Crippen LogP contribution < -0.4 is 20.1 Å². The van der Waals surface area contributed by atoms with Crippen LogP contribution in [0.2, 0.25) is 5.28 Å². The molecular weight excluding hydrogens is 294 g/mol. The number of nitrogens with one attached hydrogen (secondary N) is 2. The molecule has 8 heteroatoms. The van der Waals surface area contributed by atoms with Crippen molar-refractivity contribution in [3.63, 3.8) is 0 Å². The molecule has 7 nitrogen and oxygen atoms in total. The first-order valence-electron chi connectivity index (χ1n) is 6.50. The van der Waals surface area contributed by atoms with Crippen LogP contribution in [-0.4, -0.2) is 35.2 Å². The molecule has 2 aromatic rings. The minimum absolute atomic E-state index is 0.117. The average molecular weight is 308 g/mol. The van der Waals surface area contributed by atoms with E-state index in [9.17, 15) is 0 Å². The number of hydrogen-bond donors (Lipinski definition) is 2. The molecule has 0 unspecified atom stereocenters. The van der Waals surface area contributed by atoms with E-state index in [1.54, 1.807) is 7.05 Å². The van der Waals surface area contributed by atoms with Crippen molar-refractivity contribution in [2.24, 2.45) is 0 Å². The fraction of sp³-hybridized carbons (Fsp3) is 0.308. The third kappa shape index (κ3) is 3.25. The molecule has 2 N–H and O–H groups in total. The van der Waals surface area contributed by atoms with Gasteiger partial charge in [0.05, 0.1) is 13.2 Å². The summed E-state index contributed by atoms with van der Waals surface area (Å²) >= 11 is 5.85. The zero-order valence-electron chi connectivity index (χ0n) is 11.4. The van der Waals surface area contributed by atoms with Crippen molar-refractivity contribution in [2.75, 3.05) is 30.9 Å². The molecule has 1 aromatic carbocycles. The van der Waals surface area contributed by atoms with E-state index >= 15 is 0 Å². The van der Waals surface area contributed by atoms with Gasteiger partial charge in [0.1, 0.15) is 0 Å². The second kappa shape index (κ2) is 6.01. The standard InChI is InChI=1S/C13H14ClN5O2/c1-15-12-17-11(14)18-13(19-12)16-8-3-4-9-10(7-8)21-6-2-5-20-9/h3-4,7H,2,5-6H2,1H3,(H2,15,16,17,18,19). The lowest BCUT2D eigenvalue weighted by Crippen LogP contribution is -2.04. The van der Waals surface area contributed by atoms with E-state index in [0.717, 1.165) is 17.9 Å². The van der Waals surface area contributed by atoms with Gasteiger partial charge in [-0.2, -0.15) is 15.0 Å². The number of anilines is 3. The third-order valence-electron chi connectivity index (χ3n) is 2.84. The van der Waals surface area contributed by atoms with Crippen LogP contribution in [-0.2, 0) is 0 Å². The van der Waals surface area contributed by atoms with Crippen LogP contribution >= 0.6 is 11.6 Å². The molecular formula is C13H14ClN5O2. The van der Waals surface area contributed by atoms with Crippen molar-refractivity contribution in [3.8, 4) is 11.5 Å². The first-order valence-corrected chi connectivity index (χ1v) is 6.88. The number of halogens is 1. The lowest BCUT2D eigenvalue weighted by Gasteiger charge is -2.10. The average Bonchev–Trinajstić information content (AvgIpc) is 2.71. The lowest BCUT2D eigenvalue weighted by atomic mass is 10.3. The Kier molecular flexibility index (Phi) is 3.92. The van der Waals surface area contributed by atoms with Gasteiger partial charge >= 0.3 is 0 Å². The van der Waals surface area contributed by atoms with Gasteiger partial charge in [0.2, 0.25) is 17.2 Å². The Balaban J connectivity index is 1.85. The Morgan fingerprint density at radius 1 is 1.05 bits per heavy atom. The summed E-state index contributed by atoms with van der Waals surface area (Å²) in [6.07, 6.45) is 0.867. The fourth-order valence-corrected chi connectivity index (χ4v) is 2.05. The summed E-state index contributed by atoms with van der Waals surface area (Å²) in [5, 5.41) is 6.01. The van der Waals surface area contributed by atoms with Crippen LogP contribution in [0, 0.1) is 0 Å². The van der Waals surface area contributed by atoms with Gasteiger partial charge in [0.25, 0.3) is 0 Å². The minimum Gasteiger partial charge on any atom is -0.490 e. The molecule has 0 amide bonds. The molecule has 0 aliphatic carbocycles. The summed E-state index contributed by atoms with van der Waals surface area (Å²) in [6.45, 7) is 1.30. The van der Waals surface area contributed by atoms with Crippen molar-refractivity contribution in [2.45, 2.75) is 6.42 Å². The summed E-state index contributed by atoms with van der Waals surface area (Å²) in [6, 6.07) is 5.56. The molecule has 0 saturated carbocycles. The van der Waals surface area contributed by atoms with Crippen molar-refractivity contribution in [1.82, 2.24) is 15.0 Å². The van der Waals surface area contributed by atoms with E-state index in [2.05, 4.69) is 25.6 Å². The topological polar surface area (TPSA) is 81.2 Å². The van der Waals surface area contributed by atoms with Gasteiger partial charge in [0.15, 0.2) is 11.5 Å². The molecule has 0 bridgehead atoms. The van der Waals surface area contributed by atoms with Crippen molar-refractivity contribution in [3.05, 3.63) is 23.5 Å². The van der Waals surface area contributed by atoms with Gasteiger partial charge in [-0.05, 0) is 23.7 Å². The summed E-state index contributed by atoms with van der Waals surface area (Å²) in [5.41, 5.74) is 0.781. The highest BCUT2D eigenvalue weighted by Crippen LogP contribution is 2.33. The Morgan fingerprint density at radius 3 is 2.62 bits per heavy atom. The van der Waals surface area contributed by atoms with Crippen LogP contribution in [0.3, 0.4) is 0 Å². The maximum atomic E-state index is 5.85. The Bertz CT molecular complexity index is 652. The Morgan fingerprint density at radius 2 is 1.81 bits per heavy atom. The number of benzene rings is 1. The van der Waals surface area contributed by atoms with Crippen LogP contribution in [0.1, 0.15) is 6.42 Å². The summed E-state index contributed by atoms with van der Waals surface area (Å²) in [5.74, 6) is 2.19. The second-order valence-corrected chi connectivity index (χ2v) is 4.68. The number of rotatable bonds is 3. The predicted octanol–water partition coefficient (Wildman–Crippen LogP) is 2.47. The normalized spacial score (nSPS) is 13.4. The number of nitrogens with zero attached hydrogens (tertiary/aromatic N) is 3. The molecule has 1 aliphatic rings. The minimum atomic E-state index is 0.117. The van der Waals surface area contributed by atoms with Crippen molar-refractivity contribution < 1.29 is 9.47 Å². The first-order chi connectivity index (χ1) is 10.2. The van der Waals surface area contributed by atoms with Gasteiger partial charge in [0, 0.05) is 25.2 Å². The van der Waals surface area contributed by atoms with E-state index in [-0.39, 0.29) is 5.28 Å². The smallest absolute Gasteiger partial charge is 0.233 e. The fourth-order valence-electron chi connectivity index (χ4n) is 1.89. The number of fused-ring (bicyclic) bond motifs is 1. The first kappa shape index (κ1) is 13.7. The molecule has 21 heavy (non-hydrogen) atoms. The molecule has 1 aliphatic heterocycles. The highest BCUT2D eigenvalue weighted by molar-refractivity contribution is 6.28. The lowest BCUT2D eigenvalue weighted by molar-refractivity contribution is 0.297.